The second-order valence-electron chi connectivity index (χ2n) is 6.10. The van der Waals surface area contributed by atoms with Crippen LogP contribution in [0.15, 0.2) is 71.3 Å². The molecule has 0 saturated carbocycles. The molecule has 26 heavy (non-hydrogen) atoms. The zero-order chi connectivity index (χ0) is 18.1. The molecule has 0 radical (unpaired) electrons. The van der Waals surface area contributed by atoms with Crippen molar-refractivity contribution in [2.24, 2.45) is 0 Å². The molecule has 128 valence electrons. The minimum atomic E-state index is -0.141. The van der Waals surface area contributed by atoms with E-state index in [0.29, 0.717) is 5.56 Å². The Balaban J connectivity index is 1.59. The molecule has 1 amide bonds. The summed E-state index contributed by atoms with van der Waals surface area (Å²) in [5.74, 6) is -0.141. The van der Waals surface area contributed by atoms with Gasteiger partial charge >= 0.3 is 0 Å². The number of fused-ring (bicyclic) bond motifs is 2. The first-order valence-electron chi connectivity index (χ1n) is 8.16. The lowest BCUT2D eigenvalue weighted by molar-refractivity contribution is -0.116. The molecule has 1 heterocycles. The highest BCUT2D eigenvalue weighted by atomic mass is 79.9. The minimum Gasteiger partial charge on any atom is -0.337 e. The van der Waals surface area contributed by atoms with Crippen LogP contribution < -0.4 is 5.32 Å². The van der Waals surface area contributed by atoms with Crippen LogP contribution in [0.2, 0.25) is 0 Å². The normalized spacial score (nSPS) is 11.0. The number of hydrogen-bond donors (Lipinski definition) is 1. The van der Waals surface area contributed by atoms with Crippen LogP contribution in [0.25, 0.3) is 21.7 Å². The Labute approximate surface area is 158 Å². The Morgan fingerprint density at radius 3 is 2.65 bits per heavy atom. The van der Waals surface area contributed by atoms with Crippen LogP contribution in [0.5, 0.6) is 0 Å². The van der Waals surface area contributed by atoms with Crippen LogP contribution in [0.4, 0.5) is 5.69 Å². The lowest BCUT2D eigenvalue weighted by atomic mass is 10.1. The Morgan fingerprint density at radius 2 is 1.85 bits per heavy atom. The molecule has 1 N–H and O–H groups in total. The van der Waals surface area contributed by atoms with Crippen LogP contribution in [-0.2, 0) is 11.3 Å². The first kappa shape index (κ1) is 16.5. The van der Waals surface area contributed by atoms with Gasteiger partial charge in [-0.2, -0.15) is 0 Å². The van der Waals surface area contributed by atoms with Gasteiger partial charge in [-0.3, -0.25) is 9.59 Å². The van der Waals surface area contributed by atoms with Gasteiger partial charge in [0, 0.05) is 32.8 Å². The van der Waals surface area contributed by atoms with E-state index in [-0.39, 0.29) is 12.5 Å². The van der Waals surface area contributed by atoms with Crippen LogP contribution in [-0.4, -0.2) is 16.8 Å². The highest BCUT2D eigenvalue weighted by molar-refractivity contribution is 9.10. The van der Waals surface area contributed by atoms with Gasteiger partial charge in [-0.1, -0.05) is 46.3 Å². The molecule has 5 heteroatoms. The Morgan fingerprint density at radius 1 is 1.04 bits per heavy atom. The molecule has 0 aliphatic rings. The van der Waals surface area contributed by atoms with Crippen LogP contribution in [0.1, 0.15) is 10.4 Å². The van der Waals surface area contributed by atoms with Gasteiger partial charge in [0.1, 0.15) is 6.54 Å². The van der Waals surface area contributed by atoms with Crippen LogP contribution >= 0.6 is 15.9 Å². The number of hydrogen-bond acceptors (Lipinski definition) is 2. The first-order chi connectivity index (χ1) is 12.6. The molecule has 4 nitrogen and oxygen atoms in total. The maximum atomic E-state index is 12.5. The van der Waals surface area contributed by atoms with Crippen molar-refractivity contribution < 1.29 is 9.59 Å². The highest BCUT2D eigenvalue weighted by Gasteiger charge is 2.11. The van der Waals surface area contributed by atoms with Gasteiger partial charge < -0.3 is 9.88 Å². The Bertz CT molecular complexity index is 1150. The van der Waals surface area contributed by atoms with E-state index in [2.05, 4.69) is 21.2 Å². The number of nitrogens with zero attached hydrogens (tertiary/aromatic N) is 1. The fourth-order valence-electron chi connectivity index (χ4n) is 3.14. The number of aromatic nitrogens is 1. The lowest BCUT2D eigenvalue weighted by Crippen LogP contribution is -2.18. The van der Waals surface area contributed by atoms with Crippen LogP contribution in [0, 0.1) is 0 Å². The summed E-state index contributed by atoms with van der Waals surface area (Å²) in [6, 6.07) is 19.5. The molecule has 0 fully saturated rings. The fraction of sp³-hybridized carbons (Fsp3) is 0.0476. The lowest BCUT2D eigenvalue weighted by Gasteiger charge is -2.08. The smallest absolute Gasteiger partial charge is 0.244 e. The quantitative estimate of drug-likeness (QED) is 0.484. The van der Waals surface area contributed by atoms with Gasteiger partial charge in [-0.05, 0) is 41.1 Å². The van der Waals surface area contributed by atoms with Gasteiger partial charge in [0.15, 0.2) is 6.29 Å². The second-order valence-corrected chi connectivity index (χ2v) is 7.02. The minimum absolute atomic E-state index is 0.138. The third-order valence-corrected chi connectivity index (χ3v) is 4.84. The number of nitrogens with one attached hydrogen (secondary N) is 1. The molecule has 3 aromatic carbocycles. The van der Waals surface area contributed by atoms with E-state index < -0.39 is 0 Å². The monoisotopic (exact) mass is 406 g/mol. The number of carbonyl (C=O) groups excluding carboxylic acids is 2. The average molecular weight is 407 g/mol. The van der Waals surface area contributed by atoms with E-state index in [1.807, 2.05) is 60.7 Å². The summed E-state index contributed by atoms with van der Waals surface area (Å²) in [6.45, 7) is 0.138. The SMILES string of the molecule is O=Cc1cn(CC(=O)Nc2ccc3ccccc3c2)c2ccc(Br)cc12. The molecule has 0 unspecified atom stereocenters. The predicted molar refractivity (Wildman–Crippen MR) is 108 cm³/mol. The van der Waals surface area contributed by atoms with E-state index in [4.69, 9.17) is 0 Å². The van der Waals surface area contributed by atoms with Gasteiger partial charge in [0.2, 0.25) is 5.91 Å². The first-order valence-corrected chi connectivity index (χ1v) is 8.95. The molecular weight excluding hydrogens is 392 g/mol. The van der Waals surface area contributed by atoms with E-state index in [1.54, 1.807) is 10.8 Å². The molecular formula is C21H15BrN2O2. The number of aldehydes is 1. The topological polar surface area (TPSA) is 51.1 Å². The molecule has 4 rings (SSSR count). The zero-order valence-corrected chi connectivity index (χ0v) is 15.4. The van der Waals surface area contributed by atoms with E-state index in [9.17, 15) is 9.59 Å². The van der Waals surface area contributed by atoms with Gasteiger partial charge in [0.25, 0.3) is 0 Å². The van der Waals surface area contributed by atoms with Gasteiger partial charge in [-0.15, -0.1) is 0 Å². The van der Waals surface area contributed by atoms with Gasteiger partial charge in [-0.25, -0.2) is 0 Å². The molecule has 0 spiro atoms. The van der Waals surface area contributed by atoms with E-state index in [1.165, 1.54) is 0 Å². The molecule has 0 bridgehead atoms. The highest BCUT2D eigenvalue weighted by Crippen LogP contribution is 2.25. The standard InChI is InChI=1S/C21H15BrN2O2/c22-17-6-8-20-19(10-17)16(13-25)11-24(20)12-21(26)23-18-7-5-14-3-1-2-4-15(14)9-18/h1-11,13H,12H2,(H,23,26). The van der Waals surface area contributed by atoms with Crippen molar-refractivity contribution >= 4 is 55.5 Å². The van der Waals surface area contributed by atoms with Crippen LogP contribution in [0.3, 0.4) is 0 Å². The van der Waals surface area contributed by atoms with Crippen molar-refractivity contribution in [1.82, 2.24) is 4.57 Å². The number of halogens is 1. The molecule has 0 aliphatic carbocycles. The van der Waals surface area contributed by atoms with Gasteiger partial charge in [0.05, 0.1) is 0 Å². The number of rotatable bonds is 4. The third-order valence-electron chi connectivity index (χ3n) is 4.35. The summed E-state index contributed by atoms with van der Waals surface area (Å²) >= 11 is 3.42. The fourth-order valence-corrected chi connectivity index (χ4v) is 3.51. The summed E-state index contributed by atoms with van der Waals surface area (Å²) in [7, 11) is 0. The van der Waals surface area contributed by atoms with Crippen molar-refractivity contribution in [2.75, 3.05) is 5.32 Å². The van der Waals surface area contributed by atoms with Crippen molar-refractivity contribution in [1.29, 1.82) is 0 Å². The maximum Gasteiger partial charge on any atom is 0.244 e. The number of anilines is 1. The maximum absolute atomic E-state index is 12.5. The summed E-state index contributed by atoms with van der Waals surface area (Å²) in [6.07, 6.45) is 2.52. The average Bonchev–Trinajstić information content (AvgIpc) is 2.98. The Kier molecular flexibility index (Phi) is 4.31. The summed E-state index contributed by atoms with van der Waals surface area (Å²) in [5.41, 5.74) is 2.17. The second kappa shape index (κ2) is 6.77. The van der Waals surface area contributed by atoms with Crippen molar-refractivity contribution in [2.45, 2.75) is 6.54 Å². The Hall–Kier alpha value is -2.92. The summed E-state index contributed by atoms with van der Waals surface area (Å²) < 4.78 is 2.69. The van der Waals surface area contributed by atoms with E-state index in [0.717, 1.165) is 38.1 Å². The largest absolute Gasteiger partial charge is 0.337 e. The molecule has 0 aliphatic heterocycles. The molecule has 0 saturated heterocycles. The molecule has 4 aromatic rings. The summed E-state index contributed by atoms with van der Waals surface area (Å²) in [4.78, 5) is 23.8. The molecule has 1 aromatic heterocycles. The number of benzene rings is 3. The van der Waals surface area contributed by atoms with Crippen molar-refractivity contribution in [3.8, 4) is 0 Å². The molecule has 0 atom stereocenters. The predicted octanol–water partition coefficient (Wildman–Crippen LogP) is 5.01. The van der Waals surface area contributed by atoms with Crippen molar-refractivity contribution in [3.05, 3.63) is 76.9 Å². The zero-order valence-electron chi connectivity index (χ0n) is 13.8. The van der Waals surface area contributed by atoms with E-state index >= 15 is 0 Å². The number of amides is 1. The third kappa shape index (κ3) is 3.13. The summed E-state index contributed by atoms with van der Waals surface area (Å²) in [5, 5.41) is 5.96. The van der Waals surface area contributed by atoms with Crippen molar-refractivity contribution in [3.63, 3.8) is 0 Å². The number of carbonyl (C=O) groups is 2.